The Morgan fingerprint density at radius 2 is 1.64 bits per heavy atom. The summed E-state index contributed by atoms with van der Waals surface area (Å²) >= 11 is 0. The lowest BCUT2D eigenvalue weighted by Gasteiger charge is -2.15. The van der Waals surface area contributed by atoms with Gasteiger partial charge >= 0.3 is 11.9 Å². The maximum Gasteiger partial charge on any atom is 0.337 e. The van der Waals surface area contributed by atoms with E-state index in [4.69, 9.17) is 13.7 Å². The van der Waals surface area contributed by atoms with E-state index in [2.05, 4.69) is 13.2 Å². The third-order valence-corrected chi connectivity index (χ3v) is 4.21. The fraction of sp³-hybridized carbons (Fsp3) is 0.294. The lowest BCUT2D eigenvalue weighted by Crippen LogP contribution is -2.32. The van der Waals surface area contributed by atoms with Crippen LogP contribution in [-0.2, 0) is 33.4 Å². The summed E-state index contributed by atoms with van der Waals surface area (Å²) in [6.45, 7) is 8.35. The number of aryl methyl sites for hydroxylation is 1. The number of carbonyl (C=O) groups excluding carboxylic acids is 2. The van der Waals surface area contributed by atoms with Crippen LogP contribution in [0.2, 0.25) is 0 Å². The summed E-state index contributed by atoms with van der Waals surface area (Å²) in [5.74, 6) is -1.83. The van der Waals surface area contributed by atoms with E-state index in [1.807, 2.05) is 0 Å². The molecule has 0 aliphatic rings. The maximum absolute atomic E-state index is 12.3. The van der Waals surface area contributed by atoms with Gasteiger partial charge in [-0.2, -0.15) is 8.42 Å². The Labute approximate surface area is 147 Å². The summed E-state index contributed by atoms with van der Waals surface area (Å²) in [5, 5.41) is 0. The van der Waals surface area contributed by atoms with Gasteiger partial charge in [0.05, 0.1) is 11.3 Å². The van der Waals surface area contributed by atoms with Gasteiger partial charge in [0.25, 0.3) is 10.1 Å². The zero-order chi connectivity index (χ0) is 18.9. The number of ether oxygens (including phenoxy) is 2. The van der Waals surface area contributed by atoms with Gasteiger partial charge in [0, 0.05) is 0 Å². The molecular weight excluding hydrogens is 348 g/mol. The highest BCUT2D eigenvalue weighted by Crippen LogP contribution is 2.17. The molecular formula is C17H20O7S. The summed E-state index contributed by atoms with van der Waals surface area (Å²) in [7, 11) is -4.27. The third-order valence-electron chi connectivity index (χ3n) is 2.87. The predicted octanol–water partition coefficient (Wildman–Crippen LogP) is 1.92. The zero-order valence-electron chi connectivity index (χ0n) is 13.8. The molecule has 1 aromatic rings. The smallest absolute Gasteiger partial charge is 0.337 e. The summed E-state index contributed by atoms with van der Waals surface area (Å²) in [4.78, 5) is 23.5. The Hall–Kier alpha value is -2.45. The van der Waals surface area contributed by atoms with Crippen LogP contribution in [0.1, 0.15) is 12.0 Å². The third kappa shape index (κ3) is 6.90. The van der Waals surface area contributed by atoms with Crippen molar-refractivity contribution in [3.05, 3.63) is 55.1 Å². The Balaban J connectivity index is 2.95. The number of rotatable bonds is 10. The van der Waals surface area contributed by atoms with Gasteiger partial charge in [-0.05, 0) is 19.1 Å². The van der Waals surface area contributed by atoms with Crippen LogP contribution in [-0.4, -0.2) is 39.7 Å². The fourth-order valence-electron chi connectivity index (χ4n) is 1.67. The standard InChI is InChI=1S/C17H20O7S/c1-4-10-22-16(18)12-15(17(19)23-11-5-2)24-25(20,21)14-8-6-13(3)7-9-14/h4-9,15H,1-2,10-12H2,3H3. The summed E-state index contributed by atoms with van der Waals surface area (Å²) in [5.41, 5.74) is 0.855. The number of benzene rings is 1. The first-order valence-corrected chi connectivity index (χ1v) is 8.75. The summed E-state index contributed by atoms with van der Waals surface area (Å²) in [6, 6.07) is 5.85. The highest BCUT2D eigenvalue weighted by molar-refractivity contribution is 7.86. The Morgan fingerprint density at radius 3 is 2.20 bits per heavy atom. The first-order valence-electron chi connectivity index (χ1n) is 7.34. The van der Waals surface area contributed by atoms with Gasteiger partial charge in [0.1, 0.15) is 13.2 Å². The number of esters is 2. The van der Waals surface area contributed by atoms with Crippen molar-refractivity contribution in [1.29, 1.82) is 0 Å². The topological polar surface area (TPSA) is 96.0 Å². The van der Waals surface area contributed by atoms with E-state index in [1.165, 1.54) is 24.3 Å². The molecule has 136 valence electrons. The first kappa shape index (κ1) is 20.6. The van der Waals surface area contributed by atoms with Gasteiger partial charge in [-0.1, -0.05) is 43.0 Å². The van der Waals surface area contributed by atoms with Gasteiger partial charge in [-0.15, -0.1) is 0 Å². The van der Waals surface area contributed by atoms with Gasteiger partial charge < -0.3 is 9.47 Å². The van der Waals surface area contributed by atoms with Crippen molar-refractivity contribution in [1.82, 2.24) is 0 Å². The highest BCUT2D eigenvalue weighted by atomic mass is 32.2. The average Bonchev–Trinajstić information content (AvgIpc) is 2.57. The number of hydrogen-bond acceptors (Lipinski definition) is 7. The van der Waals surface area contributed by atoms with E-state index in [1.54, 1.807) is 19.1 Å². The molecule has 7 nitrogen and oxygen atoms in total. The quantitative estimate of drug-likeness (QED) is 0.354. The second-order valence-corrected chi connectivity index (χ2v) is 6.52. The van der Waals surface area contributed by atoms with Gasteiger partial charge in [0.2, 0.25) is 0 Å². The van der Waals surface area contributed by atoms with E-state index in [0.29, 0.717) is 0 Å². The van der Waals surface area contributed by atoms with Crippen LogP contribution in [0.4, 0.5) is 0 Å². The van der Waals surface area contributed by atoms with Crippen LogP contribution in [0, 0.1) is 6.92 Å². The van der Waals surface area contributed by atoms with E-state index in [-0.39, 0.29) is 18.1 Å². The maximum atomic E-state index is 12.3. The van der Waals surface area contributed by atoms with Gasteiger partial charge in [-0.3, -0.25) is 8.98 Å². The van der Waals surface area contributed by atoms with Crippen LogP contribution < -0.4 is 0 Å². The van der Waals surface area contributed by atoms with Crippen LogP contribution in [0.5, 0.6) is 0 Å². The molecule has 0 amide bonds. The largest absolute Gasteiger partial charge is 0.461 e. The van der Waals surface area contributed by atoms with Crippen LogP contribution in [0.25, 0.3) is 0 Å². The van der Waals surface area contributed by atoms with Crippen molar-refractivity contribution in [2.75, 3.05) is 13.2 Å². The SMILES string of the molecule is C=CCOC(=O)CC(OS(=O)(=O)c1ccc(C)cc1)C(=O)OCC=C. The molecule has 25 heavy (non-hydrogen) atoms. The van der Waals surface area contributed by atoms with Crippen molar-refractivity contribution in [2.24, 2.45) is 0 Å². The minimum absolute atomic E-state index is 0.0715. The van der Waals surface area contributed by atoms with Crippen molar-refractivity contribution in [3.63, 3.8) is 0 Å². The molecule has 1 rings (SSSR count). The molecule has 0 spiro atoms. The molecule has 0 radical (unpaired) electrons. The molecule has 0 N–H and O–H groups in total. The normalized spacial score (nSPS) is 12.0. The van der Waals surface area contributed by atoms with E-state index in [9.17, 15) is 18.0 Å². The van der Waals surface area contributed by atoms with Crippen LogP contribution in [0.3, 0.4) is 0 Å². The fourth-order valence-corrected chi connectivity index (χ4v) is 2.70. The van der Waals surface area contributed by atoms with Crippen LogP contribution in [0.15, 0.2) is 54.5 Å². The molecule has 0 heterocycles. The molecule has 0 aliphatic carbocycles. The first-order chi connectivity index (χ1) is 11.8. The molecule has 8 heteroatoms. The minimum atomic E-state index is -4.27. The molecule has 0 fully saturated rings. The molecule has 1 aromatic carbocycles. The number of carbonyl (C=O) groups is 2. The zero-order valence-corrected chi connectivity index (χ0v) is 14.7. The second-order valence-electron chi connectivity index (χ2n) is 4.95. The molecule has 0 saturated heterocycles. The van der Waals surface area contributed by atoms with Gasteiger partial charge in [0.15, 0.2) is 6.10 Å². The molecule has 0 aromatic heterocycles. The minimum Gasteiger partial charge on any atom is -0.461 e. The van der Waals surface area contributed by atoms with Crippen molar-refractivity contribution >= 4 is 22.1 Å². The predicted molar refractivity (Wildman–Crippen MR) is 90.2 cm³/mol. The van der Waals surface area contributed by atoms with Gasteiger partial charge in [-0.25, -0.2) is 4.79 Å². The molecule has 0 aliphatic heterocycles. The second kappa shape index (κ2) is 9.75. The summed E-state index contributed by atoms with van der Waals surface area (Å²) in [6.07, 6.45) is 0.366. The molecule has 0 bridgehead atoms. The average molecular weight is 368 g/mol. The van der Waals surface area contributed by atoms with Crippen LogP contribution >= 0.6 is 0 Å². The number of hydrogen-bond donors (Lipinski definition) is 0. The Morgan fingerprint density at radius 1 is 1.08 bits per heavy atom. The molecule has 1 unspecified atom stereocenters. The lowest BCUT2D eigenvalue weighted by atomic mass is 10.2. The van der Waals surface area contributed by atoms with Crippen molar-refractivity contribution < 1.29 is 31.7 Å². The monoisotopic (exact) mass is 368 g/mol. The molecule has 1 atom stereocenters. The van der Waals surface area contributed by atoms with Crippen molar-refractivity contribution in [2.45, 2.75) is 24.3 Å². The Kier molecular flexibility index (Phi) is 8.03. The lowest BCUT2D eigenvalue weighted by molar-refractivity contribution is -0.157. The Bertz CT molecular complexity index is 720. The highest BCUT2D eigenvalue weighted by Gasteiger charge is 2.31. The molecule has 0 saturated carbocycles. The van der Waals surface area contributed by atoms with E-state index in [0.717, 1.165) is 5.56 Å². The van der Waals surface area contributed by atoms with E-state index < -0.39 is 34.6 Å². The van der Waals surface area contributed by atoms with E-state index >= 15 is 0 Å². The van der Waals surface area contributed by atoms with Crippen molar-refractivity contribution in [3.8, 4) is 0 Å². The summed E-state index contributed by atoms with van der Waals surface area (Å²) < 4.78 is 39.1.